The van der Waals surface area contributed by atoms with Gasteiger partial charge < -0.3 is 10.1 Å². The Kier molecular flexibility index (Phi) is 2.99. The summed E-state index contributed by atoms with van der Waals surface area (Å²) in [5.41, 5.74) is 1.23. The van der Waals surface area contributed by atoms with Crippen LogP contribution in [0.4, 0.5) is 0 Å². The van der Waals surface area contributed by atoms with Crippen LogP contribution in [0, 0.1) is 0 Å². The second-order valence-corrected chi connectivity index (χ2v) is 3.62. The number of aromatic nitrogens is 1. The number of hydrogen-bond donors (Lipinski definition) is 1. The van der Waals surface area contributed by atoms with Gasteiger partial charge >= 0.3 is 0 Å². The molecule has 1 aliphatic rings. The van der Waals surface area contributed by atoms with Crippen LogP contribution in [-0.2, 0) is 6.42 Å². The van der Waals surface area contributed by atoms with E-state index in [-0.39, 0.29) is 0 Å². The lowest BCUT2D eigenvalue weighted by atomic mass is 10.2. The van der Waals surface area contributed by atoms with Crippen molar-refractivity contribution in [1.82, 2.24) is 10.3 Å². The molecular weight excluding hydrogens is 176 g/mol. The number of nitrogens with zero attached hydrogens (tertiary/aromatic N) is 1. The molecule has 0 bridgehead atoms. The zero-order valence-electron chi connectivity index (χ0n) is 8.49. The third kappa shape index (κ3) is 2.23. The van der Waals surface area contributed by atoms with Crippen molar-refractivity contribution in [2.75, 3.05) is 13.1 Å². The number of pyridine rings is 1. The van der Waals surface area contributed by atoms with Crippen LogP contribution in [0.2, 0.25) is 0 Å². The molecule has 1 saturated heterocycles. The SMILES string of the molecule is CCc1cncc(O[C@H]2CCNC2)c1. The molecule has 3 nitrogen and oxygen atoms in total. The molecule has 1 aliphatic heterocycles. The van der Waals surface area contributed by atoms with Crippen LogP contribution in [0.25, 0.3) is 0 Å². The number of ether oxygens (including phenoxy) is 1. The summed E-state index contributed by atoms with van der Waals surface area (Å²) in [6, 6.07) is 2.07. The first-order valence-electron chi connectivity index (χ1n) is 5.20. The van der Waals surface area contributed by atoms with Gasteiger partial charge in [0.1, 0.15) is 11.9 Å². The quantitative estimate of drug-likeness (QED) is 0.785. The fraction of sp³-hybridized carbons (Fsp3) is 0.545. The summed E-state index contributed by atoms with van der Waals surface area (Å²) < 4.78 is 5.79. The number of hydrogen-bond acceptors (Lipinski definition) is 3. The van der Waals surface area contributed by atoms with Gasteiger partial charge in [0.25, 0.3) is 0 Å². The van der Waals surface area contributed by atoms with E-state index < -0.39 is 0 Å². The zero-order valence-corrected chi connectivity index (χ0v) is 8.49. The second kappa shape index (κ2) is 4.42. The fourth-order valence-electron chi connectivity index (χ4n) is 1.64. The van der Waals surface area contributed by atoms with Gasteiger partial charge in [-0.25, -0.2) is 0 Å². The van der Waals surface area contributed by atoms with Gasteiger partial charge in [-0.3, -0.25) is 4.98 Å². The highest BCUT2D eigenvalue weighted by Gasteiger charge is 2.15. The van der Waals surface area contributed by atoms with E-state index in [9.17, 15) is 0 Å². The summed E-state index contributed by atoms with van der Waals surface area (Å²) in [5.74, 6) is 0.901. The maximum Gasteiger partial charge on any atom is 0.138 e. The Morgan fingerprint density at radius 3 is 3.21 bits per heavy atom. The van der Waals surface area contributed by atoms with Crippen LogP contribution < -0.4 is 10.1 Å². The van der Waals surface area contributed by atoms with Gasteiger partial charge in [-0.1, -0.05) is 6.92 Å². The first-order chi connectivity index (χ1) is 6.88. The average molecular weight is 192 g/mol. The lowest BCUT2D eigenvalue weighted by Gasteiger charge is -2.12. The van der Waals surface area contributed by atoms with Gasteiger partial charge in [0.05, 0.1) is 6.20 Å². The highest BCUT2D eigenvalue weighted by molar-refractivity contribution is 5.23. The van der Waals surface area contributed by atoms with Gasteiger partial charge in [0.2, 0.25) is 0 Å². The topological polar surface area (TPSA) is 34.1 Å². The number of aryl methyl sites for hydroxylation is 1. The Morgan fingerprint density at radius 1 is 1.57 bits per heavy atom. The highest BCUT2D eigenvalue weighted by atomic mass is 16.5. The smallest absolute Gasteiger partial charge is 0.138 e. The molecule has 2 heterocycles. The van der Waals surface area contributed by atoms with E-state index in [4.69, 9.17) is 4.74 Å². The monoisotopic (exact) mass is 192 g/mol. The first kappa shape index (κ1) is 9.46. The molecule has 1 fully saturated rings. The van der Waals surface area contributed by atoms with Crippen LogP contribution in [-0.4, -0.2) is 24.2 Å². The summed E-state index contributed by atoms with van der Waals surface area (Å²) in [4.78, 5) is 4.15. The minimum absolute atomic E-state index is 0.323. The van der Waals surface area contributed by atoms with E-state index in [1.165, 1.54) is 5.56 Å². The normalized spacial score (nSPS) is 21.1. The molecule has 0 radical (unpaired) electrons. The molecule has 0 aliphatic carbocycles. The molecule has 0 spiro atoms. The predicted molar refractivity (Wildman–Crippen MR) is 55.5 cm³/mol. The molecule has 76 valence electrons. The van der Waals surface area contributed by atoms with Gasteiger partial charge in [-0.2, -0.15) is 0 Å². The summed E-state index contributed by atoms with van der Waals surface area (Å²) in [7, 11) is 0. The number of nitrogens with one attached hydrogen (secondary N) is 1. The lowest BCUT2D eigenvalue weighted by Crippen LogP contribution is -2.19. The molecule has 0 saturated carbocycles. The van der Waals surface area contributed by atoms with Crippen molar-refractivity contribution in [3.8, 4) is 5.75 Å². The van der Waals surface area contributed by atoms with E-state index in [1.807, 2.05) is 6.20 Å². The molecule has 1 aromatic heterocycles. The summed E-state index contributed by atoms with van der Waals surface area (Å²) >= 11 is 0. The van der Waals surface area contributed by atoms with Crippen molar-refractivity contribution in [1.29, 1.82) is 0 Å². The van der Waals surface area contributed by atoms with Gasteiger partial charge in [0.15, 0.2) is 0 Å². The molecule has 1 N–H and O–H groups in total. The maximum atomic E-state index is 5.79. The van der Waals surface area contributed by atoms with Crippen molar-refractivity contribution >= 4 is 0 Å². The average Bonchev–Trinajstić information content (AvgIpc) is 2.71. The Hall–Kier alpha value is -1.09. The summed E-state index contributed by atoms with van der Waals surface area (Å²) in [6.07, 6.45) is 6.10. The van der Waals surface area contributed by atoms with Crippen LogP contribution in [0.15, 0.2) is 18.5 Å². The standard InChI is InChI=1S/C11H16N2O/c1-2-9-5-11(8-13-6-9)14-10-3-4-12-7-10/h5-6,8,10,12H,2-4,7H2,1H3/t10-/m0/s1. The molecule has 0 aromatic carbocycles. The minimum Gasteiger partial charge on any atom is -0.487 e. The van der Waals surface area contributed by atoms with E-state index >= 15 is 0 Å². The van der Waals surface area contributed by atoms with Crippen LogP contribution in [0.3, 0.4) is 0 Å². The number of rotatable bonds is 3. The van der Waals surface area contributed by atoms with Crippen molar-refractivity contribution in [2.24, 2.45) is 0 Å². The van der Waals surface area contributed by atoms with Crippen LogP contribution in [0.5, 0.6) is 5.75 Å². The minimum atomic E-state index is 0.323. The molecule has 0 amide bonds. The zero-order chi connectivity index (χ0) is 9.80. The molecule has 14 heavy (non-hydrogen) atoms. The molecule has 3 heteroatoms. The first-order valence-corrected chi connectivity index (χ1v) is 5.20. The Balaban J connectivity index is 2.00. The Labute approximate surface area is 84.5 Å². The van der Waals surface area contributed by atoms with E-state index in [2.05, 4.69) is 23.3 Å². The maximum absolute atomic E-state index is 5.79. The molecule has 0 unspecified atom stereocenters. The lowest BCUT2D eigenvalue weighted by molar-refractivity contribution is 0.222. The molecule has 1 aromatic rings. The summed E-state index contributed by atoms with van der Waals surface area (Å²) in [6.45, 7) is 4.14. The fourth-order valence-corrected chi connectivity index (χ4v) is 1.64. The largest absolute Gasteiger partial charge is 0.487 e. The third-order valence-electron chi connectivity index (χ3n) is 2.50. The highest BCUT2D eigenvalue weighted by Crippen LogP contribution is 2.15. The van der Waals surface area contributed by atoms with E-state index in [0.717, 1.165) is 31.7 Å². The van der Waals surface area contributed by atoms with Gasteiger partial charge in [-0.15, -0.1) is 0 Å². The van der Waals surface area contributed by atoms with Crippen molar-refractivity contribution in [3.63, 3.8) is 0 Å². The van der Waals surface area contributed by atoms with Crippen LogP contribution in [0.1, 0.15) is 18.9 Å². The van der Waals surface area contributed by atoms with Gasteiger partial charge in [-0.05, 0) is 31.0 Å². The van der Waals surface area contributed by atoms with Crippen LogP contribution >= 0.6 is 0 Å². The van der Waals surface area contributed by atoms with E-state index in [0.29, 0.717) is 6.10 Å². The van der Waals surface area contributed by atoms with Gasteiger partial charge in [0, 0.05) is 12.7 Å². The van der Waals surface area contributed by atoms with Crippen molar-refractivity contribution in [3.05, 3.63) is 24.0 Å². The summed E-state index contributed by atoms with van der Waals surface area (Å²) in [5, 5.41) is 3.28. The second-order valence-electron chi connectivity index (χ2n) is 3.62. The predicted octanol–water partition coefficient (Wildman–Crippen LogP) is 1.38. The molecule has 1 atom stereocenters. The third-order valence-corrected chi connectivity index (χ3v) is 2.50. The van der Waals surface area contributed by atoms with E-state index in [1.54, 1.807) is 6.20 Å². The van der Waals surface area contributed by atoms with Crippen molar-refractivity contribution < 1.29 is 4.74 Å². The van der Waals surface area contributed by atoms with Crippen molar-refractivity contribution in [2.45, 2.75) is 25.9 Å². The molecular formula is C11H16N2O. The Morgan fingerprint density at radius 2 is 2.50 bits per heavy atom. The Bertz CT molecular complexity index is 295. The molecule has 2 rings (SSSR count).